The normalized spacial score (nSPS) is 19.4. The van der Waals surface area contributed by atoms with Crippen LogP contribution in [0, 0.1) is 5.92 Å². The van der Waals surface area contributed by atoms with Crippen molar-refractivity contribution in [2.24, 2.45) is 5.92 Å². The fourth-order valence-corrected chi connectivity index (χ4v) is 6.03. The number of allylic oxidation sites excluding steroid dienone is 3. The SMILES string of the molecule is C=C(C)[C@@H]1CCC(C)=C[C@H]1c1c(O)cc(CCCCC)cc1OC(=O)C(CC)OP(=O)(O)OCc1ccccc1. The molecule has 0 aromatic heterocycles. The van der Waals surface area contributed by atoms with E-state index in [0.29, 0.717) is 11.1 Å². The van der Waals surface area contributed by atoms with Crippen LogP contribution < -0.4 is 4.74 Å². The monoisotopic (exact) mass is 570 g/mol. The minimum Gasteiger partial charge on any atom is -0.507 e. The van der Waals surface area contributed by atoms with Crippen LogP contribution in [0.5, 0.6) is 11.5 Å². The summed E-state index contributed by atoms with van der Waals surface area (Å²) >= 11 is 0. The van der Waals surface area contributed by atoms with Crippen LogP contribution in [-0.4, -0.2) is 22.1 Å². The molecular formula is C32H43O7P. The Bertz CT molecular complexity index is 1240. The Balaban J connectivity index is 1.89. The molecule has 0 fully saturated rings. The number of ether oxygens (including phenoxy) is 1. The molecule has 3 rings (SSSR count). The van der Waals surface area contributed by atoms with Crippen LogP contribution in [0.15, 0.2) is 66.3 Å². The molecule has 0 heterocycles. The van der Waals surface area contributed by atoms with Gasteiger partial charge in [0.1, 0.15) is 11.5 Å². The van der Waals surface area contributed by atoms with E-state index in [1.54, 1.807) is 43.3 Å². The van der Waals surface area contributed by atoms with Crippen molar-refractivity contribution < 1.29 is 33.1 Å². The number of carbonyl (C=O) groups excluding carboxylic acids is 1. The highest BCUT2D eigenvalue weighted by Crippen LogP contribution is 2.48. The number of benzene rings is 2. The molecule has 0 amide bonds. The molecule has 0 saturated heterocycles. The lowest BCUT2D eigenvalue weighted by molar-refractivity contribution is -0.143. The van der Waals surface area contributed by atoms with Gasteiger partial charge in [-0.25, -0.2) is 9.36 Å². The first-order chi connectivity index (χ1) is 19.0. The van der Waals surface area contributed by atoms with E-state index in [0.717, 1.165) is 49.7 Å². The molecule has 2 aromatic rings. The number of phosphoric ester groups is 1. The van der Waals surface area contributed by atoms with Crippen LogP contribution in [0.2, 0.25) is 0 Å². The van der Waals surface area contributed by atoms with E-state index < -0.39 is 19.9 Å². The smallest absolute Gasteiger partial charge is 0.473 e. The number of hydrogen-bond acceptors (Lipinski definition) is 6. The van der Waals surface area contributed by atoms with E-state index in [4.69, 9.17) is 13.8 Å². The van der Waals surface area contributed by atoms with Gasteiger partial charge >= 0.3 is 13.8 Å². The van der Waals surface area contributed by atoms with Gasteiger partial charge in [-0.15, -0.1) is 0 Å². The Labute approximate surface area is 238 Å². The molecule has 40 heavy (non-hydrogen) atoms. The zero-order valence-corrected chi connectivity index (χ0v) is 25.0. The fraction of sp³-hybridized carbons (Fsp3) is 0.469. The molecule has 2 unspecified atom stereocenters. The molecule has 0 radical (unpaired) electrons. The highest BCUT2D eigenvalue weighted by atomic mass is 31.2. The topological polar surface area (TPSA) is 102 Å². The maximum absolute atomic E-state index is 13.3. The van der Waals surface area contributed by atoms with Gasteiger partial charge in [-0.1, -0.05) is 80.8 Å². The highest BCUT2D eigenvalue weighted by molar-refractivity contribution is 7.47. The standard InChI is InChI=1S/C32H43O7P/c1-6-8-10-15-25-19-28(33)31(27-18-23(5)16-17-26(27)22(3)4)30(20-25)38-32(34)29(7-2)39-40(35,36)37-21-24-13-11-9-12-14-24/h9,11-14,18-20,26-27,29,33H,3,6-8,10,15-17,21H2,1-2,4-5H3,(H,35,36)/t26-,27+,29?/m0/s1. The van der Waals surface area contributed by atoms with Crippen LogP contribution >= 0.6 is 7.82 Å². The molecule has 218 valence electrons. The Morgan fingerprint density at radius 2 is 1.88 bits per heavy atom. The predicted octanol–water partition coefficient (Wildman–Crippen LogP) is 8.16. The molecule has 8 heteroatoms. The van der Waals surface area contributed by atoms with Crippen molar-refractivity contribution in [2.75, 3.05) is 0 Å². The van der Waals surface area contributed by atoms with Crippen molar-refractivity contribution in [1.29, 1.82) is 0 Å². The van der Waals surface area contributed by atoms with E-state index in [2.05, 4.69) is 26.5 Å². The summed E-state index contributed by atoms with van der Waals surface area (Å²) in [5.74, 6) is -0.682. The second kappa shape index (κ2) is 14.8. The Hall–Kier alpha value is -2.70. The van der Waals surface area contributed by atoms with Gasteiger partial charge in [0.05, 0.1) is 6.61 Å². The Kier molecular flexibility index (Phi) is 11.8. The maximum atomic E-state index is 13.3. The largest absolute Gasteiger partial charge is 0.507 e. The van der Waals surface area contributed by atoms with Gasteiger partial charge in [-0.2, -0.15) is 0 Å². The van der Waals surface area contributed by atoms with Crippen LogP contribution in [0.25, 0.3) is 0 Å². The van der Waals surface area contributed by atoms with E-state index in [1.165, 1.54) is 5.57 Å². The molecule has 0 aliphatic heterocycles. The number of esters is 1. The highest BCUT2D eigenvalue weighted by Gasteiger charge is 2.35. The molecule has 4 atom stereocenters. The number of aromatic hydroxyl groups is 1. The van der Waals surface area contributed by atoms with E-state index in [1.807, 2.05) is 13.0 Å². The van der Waals surface area contributed by atoms with Gasteiger partial charge in [0.15, 0.2) is 6.10 Å². The van der Waals surface area contributed by atoms with Gasteiger partial charge in [-0.3, -0.25) is 9.05 Å². The molecule has 0 spiro atoms. The van der Waals surface area contributed by atoms with Crippen molar-refractivity contribution in [3.63, 3.8) is 0 Å². The van der Waals surface area contributed by atoms with Crippen molar-refractivity contribution in [3.8, 4) is 11.5 Å². The van der Waals surface area contributed by atoms with Crippen LogP contribution in [-0.2, 0) is 31.4 Å². The number of unbranched alkanes of at least 4 members (excludes halogenated alkanes) is 2. The summed E-state index contributed by atoms with van der Waals surface area (Å²) in [6.45, 7) is 11.8. The summed E-state index contributed by atoms with van der Waals surface area (Å²) in [6, 6.07) is 12.5. The molecule has 1 aliphatic rings. The average molecular weight is 571 g/mol. The molecule has 0 bridgehead atoms. The number of carbonyl (C=O) groups is 1. The van der Waals surface area contributed by atoms with E-state index >= 15 is 0 Å². The zero-order chi connectivity index (χ0) is 29.3. The Morgan fingerprint density at radius 3 is 2.52 bits per heavy atom. The third-order valence-corrected chi connectivity index (χ3v) is 8.28. The zero-order valence-electron chi connectivity index (χ0n) is 24.1. The summed E-state index contributed by atoms with van der Waals surface area (Å²) in [5.41, 5.74) is 4.25. The van der Waals surface area contributed by atoms with Crippen molar-refractivity contribution in [3.05, 3.63) is 83.0 Å². The predicted molar refractivity (Wildman–Crippen MR) is 157 cm³/mol. The van der Waals surface area contributed by atoms with Crippen LogP contribution in [0.4, 0.5) is 0 Å². The lowest BCUT2D eigenvalue weighted by Crippen LogP contribution is -2.28. The van der Waals surface area contributed by atoms with Gasteiger partial charge in [0.2, 0.25) is 0 Å². The second-order valence-corrected chi connectivity index (χ2v) is 12.1. The first-order valence-corrected chi connectivity index (χ1v) is 15.6. The van der Waals surface area contributed by atoms with Crippen molar-refractivity contribution in [2.45, 2.75) is 91.3 Å². The maximum Gasteiger partial charge on any atom is 0.473 e. The van der Waals surface area contributed by atoms with E-state index in [9.17, 15) is 19.4 Å². The lowest BCUT2D eigenvalue weighted by atomic mass is 9.73. The Morgan fingerprint density at radius 1 is 1.15 bits per heavy atom. The number of aryl methyl sites for hydroxylation is 1. The number of phenolic OH excluding ortho intramolecular Hbond substituents is 1. The molecule has 1 aliphatic carbocycles. The molecule has 2 N–H and O–H groups in total. The van der Waals surface area contributed by atoms with Crippen LogP contribution in [0.1, 0.15) is 88.8 Å². The van der Waals surface area contributed by atoms with Crippen molar-refractivity contribution >= 4 is 13.8 Å². The average Bonchev–Trinajstić information content (AvgIpc) is 2.91. The third-order valence-electron chi connectivity index (χ3n) is 7.30. The number of phenols is 1. The summed E-state index contributed by atoms with van der Waals surface area (Å²) in [7, 11) is -4.57. The minimum absolute atomic E-state index is 0.0620. The summed E-state index contributed by atoms with van der Waals surface area (Å²) in [6.07, 6.45) is 6.42. The molecule has 0 saturated carbocycles. The summed E-state index contributed by atoms with van der Waals surface area (Å²) < 4.78 is 29.0. The summed E-state index contributed by atoms with van der Waals surface area (Å²) in [5, 5.41) is 11.3. The number of hydrogen-bond donors (Lipinski definition) is 2. The third kappa shape index (κ3) is 8.90. The van der Waals surface area contributed by atoms with E-state index in [-0.39, 0.29) is 36.4 Å². The lowest BCUT2D eigenvalue weighted by Gasteiger charge is -2.32. The quantitative estimate of drug-likeness (QED) is 0.0777. The first kappa shape index (κ1) is 31.8. The fourth-order valence-electron chi connectivity index (χ4n) is 5.10. The molecule has 2 aromatic carbocycles. The first-order valence-electron chi connectivity index (χ1n) is 14.1. The number of rotatable bonds is 14. The molecule has 7 nitrogen and oxygen atoms in total. The second-order valence-electron chi connectivity index (χ2n) is 10.7. The molecular weight excluding hydrogens is 527 g/mol. The minimum atomic E-state index is -4.57. The van der Waals surface area contributed by atoms with Gasteiger partial charge in [0, 0.05) is 11.5 Å². The van der Waals surface area contributed by atoms with Gasteiger partial charge in [-0.05, 0) is 75.1 Å². The van der Waals surface area contributed by atoms with Gasteiger partial charge < -0.3 is 14.7 Å². The van der Waals surface area contributed by atoms with Crippen LogP contribution in [0.3, 0.4) is 0 Å². The number of phosphoric acid groups is 1. The summed E-state index contributed by atoms with van der Waals surface area (Å²) in [4.78, 5) is 23.7. The van der Waals surface area contributed by atoms with Gasteiger partial charge in [0.25, 0.3) is 0 Å². The van der Waals surface area contributed by atoms with Crippen molar-refractivity contribution in [1.82, 2.24) is 0 Å².